The summed E-state index contributed by atoms with van der Waals surface area (Å²) in [6.07, 6.45) is 2.86. The molecule has 0 radical (unpaired) electrons. The first kappa shape index (κ1) is 22.7. The maximum Gasteiger partial charge on any atom is 0.410 e. The van der Waals surface area contributed by atoms with Gasteiger partial charge in [0.15, 0.2) is 5.78 Å². The normalized spacial score (nSPS) is 19.8. The molecular formula is C24H33N3O5. The van der Waals surface area contributed by atoms with Crippen LogP contribution < -0.4 is 0 Å². The highest BCUT2D eigenvalue weighted by Gasteiger charge is 2.34. The zero-order chi connectivity index (χ0) is 22.9. The van der Waals surface area contributed by atoms with Crippen LogP contribution in [0.1, 0.15) is 49.5 Å². The largest absolute Gasteiger partial charge is 0.444 e. The number of Topliss-reactive ketones (excluding diaryl/α,β-unsaturated/α-hetero) is 1. The molecule has 4 rings (SSSR count). The van der Waals surface area contributed by atoms with Crippen LogP contribution in [0.15, 0.2) is 18.3 Å². The first-order chi connectivity index (χ1) is 15.2. The summed E-state index contributed by atoms with van der Waals surface area (Å²) in [6.45, 7) is 11.5. The van der Waals surface area contributed by atoms with Crippen molar-refractivity contribution in [2.75, 3.05) is 32.9 Å². The smallest absolute Gasteiger partial charge is 0.410 e. The van der Waals surface area contributed by atoms with E-state index in [1.54, 1.807) is 4.90 Å². The number of likely N-dealkylation sites (tertiary alicyclic amines) is 1. The van der Waals surface area contributed by atoms with Crippen molar-refractivity contribution in [2.24, 2.45) is 5.92 Å². The number of amides is 1. The van der Waals surface area contributed by atoms with Crippen LogP contribution in [0.25, 0.3) is 10.9 Å². The zero-order valence-electron chi connectivity index (χ0n) is 19.4. The minimum absolute atomic E-state index is 0.00205. The van der Waals surface area contributed by atoms with Crippen molar-refractivity contribution in [1.29, 1.82) is 0 Å². The maximum absolute atomic E-state index is 12.8. The Kier molecular flexibility index (Phi) is 6.53. The molecule has 2 fully saturated rings. The summed E-state index contributed by atoms with van der Waals surface area (Å²) < 4.78 is 18.4. The Morgan fingerprint density at radius 3 is 2.69 bits per heavy atom. The Labute approximate surface area is 188 Å². The van der Waals surface area contributed by atoms with Gasteiger partial charge in [-0.1, -0.05) is 0 Å². The average Bonchev–Trinajstić information content (AvgIpc) is 3.12. The topological polar surface area (TPSA) is 82.9 Å². The molecule has 1 unspecified atom stereocenters. The number of hydrogen-bond acceptors (Lipinski definition) is 6. The molecule has 1 aromatic carbocycles. The highest BCUT2D eigenvalue weighted by Crippen LogP contribution is 2.25. The van der Waals surface area contributed by atoms with Gasteiger partial charge < -0.3 is 19.1 Å². The molecule has 2 aliphatic rings. The lowest BCUT2D eigenvalue weighted by Crippen LogP contribution is -2.52. The summed E-state index contributed by atoms with van der Waals surface area (Å²) in [4.78, 5) is 26.7. The van der Waals surface area contributed by atoms with Gasteiger partial charge in [0.25, 0.3) is 0 Å². The second-order valence-electron chi connectivity index (χ2n) is 9.80. The van der Waals surface area contributed by atoms with Crippen LogP contribution in [0.5, 0.6) is 0 Å². The predicted octanol–water partition coefficient (Wildman–Crippen LogP) is 3.59. The van der Waals surface area contributed by atoms with Gasteiger partial charge in [-0.25, -0.2) is 4.79 Å². The van der Waals surface area contributed by atoms with Gasteiger partial charge in [0, 0.05) is 49.1 Å². The van der Waals surface area contributed by atoms with Gasteiger partial charge in [0.2, 0.25) is 0 Å². The molecule has 2 aliphatic heterocycles. The van der Waals surface area contributed by atoms with Gasteiger partial charge in [-0.3, -0.25) is 9.48 Å². The Morgan fingerprint density at radius 1 is 1.22 bits per heavy atom. The van der Waals surface area contributed by atoms with Gasteiger partial charge in [0.1, 0.15) is 5.60 Å². The van der Waals surface area contributed by atoms with E-state index in [2.05, 4.69) is 5.10 Å². The molecule has 3 heterocycles. The van der Waals surface area contributed by atoms with Crippen LogP contribution in [0, 0.1) is 12.8 Å². The third-order valence-electron chi connectivity index (χ3n) is 5.94. The molecule has 1 atom stereocenters. The molecule has 8 heteroatoms. The Balaban J connectivity index is 1.35. The van der Waals surface area contributed by atoms with E-state index in [9.17, 15) is 9.59 Å². The number of rotatable bonds is 6. The predicted molar refractivity (Wildman–Crippen MR) is 120 cm³/mol. The number of aromatic nitrogens is 2. The van der Waals surface area contributed by atoms with Crippen LogP contribution in [0.2, 0.25) is 0 Å². The molecule has 32 heavy (non-hydrogen) atoms. The molecule has 0 bridgehead atoms. The van der Waals surface area contributed by atoms with Crippen LogP contribution >= 0.6 is 0 Å². The third kappa shape index (κ3) is 5.30. The molecule has 0 aliphatic carbocycles. The molecule has 2 saturated heterocycles. The van der Waals surface area contributed by atoms with Crippen molar-refractivity contribution in [3.05, 3.63) is 29.5 Å². The standard InChI is InChI=1S/C24H33N3O5/c1-16-19(22(28)8-5-18-15-30-9-10-31-18)6-7-21-20(16)14-27(25-21)13-17-11-26(12-17)23(29)32-24(2,3)4/h6-7,14,17-18H,5,8-13,15H2,1-4H3. The van der Waals surface area contributed by atoms with Crippen LogP contribution in [-0.2, 0) is 20.8 Å². The van der Waals surface area contributed by atoms with E-state index in [4.69, 9.17) is 14.2 Å². The number of ether oxygens (including phenoxy) is 3. The number of hydrogen-bond donors (Lipinski definition) is 0. The second-order valence-corrected chi connectivity index (χ2v) is 9.80. The minimum Gasteiger partial charge on any atom is -0.444 e. The zero-order valence-corrected chi connectivity index (χ0v) is 19.4. The van der Waals surface area contributed by atoms with Crippen LogP contribution in [0.4, 0.5) is 4.79 Å². The van der Waals surface area contributed by atoms with E-state index in [1.807, 2.05) is 50.7 Å². The summed E-state index contributed by atoms with van der Waals surface area (Å²) in [7, 11) is 0. The van der Waals surface area contributed by atoms with Gasteiger partial charge in [0.05, 0.1) is 31.4 Å². The molecule has 8 nitrogen and oxygen atoms in total. The van der Waals surface area contributed by atoms with Gasteiger partial charge in [-0.05, 0) is 51.8 Å². The molecule has 174 valence electrons. The van der Waals surface area contributed by atoms with E-state index in [-0.39, 0.29) is 18.0 Å². The summed E-state index contributed by atoms with van der Waals surface area (Å²) in [5, 5.41) is 5.68. The fourth-order valence-electron chi connectivity index (χ4n) is 4.23. The lowest BCUT2D eigenvalue weighted by molar-refractivity contribution is -0.0902. The van der Waals surface area contributed by atoms with E-state index in [1.165, 1.54) is 0 Å². The van der Waals surface area contributed by atoms with Gasteiger partial charge in [-0.2, -0.15) is 5.10 Å². The van der Waals surface area contributed by atoms with E-state index >= 15 is 0 Å². The van der Waals surface area contributed by atoms with Crippen LogP contribution in [-0.4, -0.2) is 71.2 Å². The lowest BCUT2D eigenvalue weighted by Gasteiger charge is -2.39. The monoisotopic (exact) mass is 443 g/mol. The molecule has 1 amide bonds. The Bertz CT molecular complexity index is 981. The van der Waals surface area contributed by atoms with Crippen molar-refractivity contribution in [2.45, 2.75) is 58.8 Å². The average molecular weight is 444 g/mol. The number of carbonyl (C=O) groups is 2. The van der Waals surface area contributed by atoms with Gasteiger partial charge >= 0.3 is 6.09 Å². The van der Waals surface area contributed by atoms with Crippen molar-refractivity contribution < 1.29 is 23.8 Å². The van der Waals surface area contributed by atoms with Crippen molar-refractivity contribution in [3.8, 4) is 0 Å². The first-order valence-corrected chi connectivity index (χ1v) is 11.4. The molecule has 0 saturated carbocycles. The summed E-state index contributed by atoms with van der Waals surface area (Å²) in [5.74, 6) is 0.467. The van der Waals surface area contributed by atoms with Crippen LogP contribution in [0.3, 0.4) is 0 Å². The van der Waals surface area contributed by atoms with Gasteiger partial charge in [-0.15, -0.1) is 0 Å². The van der Waals surface area contributed by atoms with Crippen molar-refractivity contribution >= 4 is 22.8 Å². The number of aryl methyl sites for hydroxylation is 1. The molecule has 1 aromatic heterocycles. The van der Waals surface area contributed by atoms with Crippen molar-refractivity contribution in [1.82, 2.24) is 14.7 Å². The minimum atomic E-state index is -0.480. The third-order valence-corrected chi connectivity index (χ3v) is 5.94. The number of fused-ring (bicyclic) bond motifs is 1. The summed E-state index contributed by atoms with van der Waals surface area (Å²) in [5.41, 5.74) is 2.11. The van der Waals surface area contributed by atoms with E-state index in [0.717, 1.165) is 28.6 Å². The number of ketones is 1. The maximum atomic E-state index is 12.8. The number of benzene rings is 1. The quantitative estimate of drug-likeness (QED) is 0.635. The Hall–Kier alpha value is -2.45. The summed E-state index contributed by atoms with van der Waals surface area (Å²) >= 11 is 0. The fourth-order valence-corrected chi connectivity index (χ4v) is 4.23. The fraction of sp³-hybridized carbons (Fsp3) is 0.625. The lowest BCUT2D eigenvalue weighted by atomic mass is 9.97. The number of nitrogens with zero attached hydrogens (tertiary/aromatic N) is 3. The molecule has 2 aromatic rings. The molecule has 0 spiro atoms. The first-order valence-electron chi connectivity index (χ1n) is 11.4. The van der Waals surface area contributed by atoms with Crippen molar-refractivity contribution in [3.63, 3.8) is 0 Å². The SMILES string of the molecule is Cc1c(C(=O)CCC2COCCO2)ccc2nn(CC3CN(C(=O)OC(C)(C)C)C3)cc12. The highest BCUT2D eigenvalue weighted by atomic mass is 16.6. The molecular weight excluding hydrogens is 410 g/mol. The molecule has 0 N–H and O–H groups in total. The van der Waals surface area contributed by atoms with E-state index in [0.29, 0.717) is 51.7 Å². The van der Waals surface area contributed by atoms with E-state index < -0.39 is 5.60 Å². The second kappa shape index (κ2) is 9.19. The highest BCUT2D eigenvalue weighted by molar-refractivity contribution is 6.01. The Morgan fingerprint density at radius 2 is 2.00 bits per heavy atom. The summed E-state index contributed by atoms with van der Waals surface area (Å²) in [6, 6.07) is 3.79. The number of carbonyl (C=O) groups excluding carboxylic acids is 2.